The molecule has 0 aliphatic heterocycles. The van der Waals surface area contributed by atoms with Crippen LogP contribution in [0.2, 0.25) is 0 Å². The molecule has 182 valence electrons. The predicted octanol–water partition coefficient (Wildman–Crippen LogP) is 3.86. The van der Waals surface area contributed by atoms with Gasteiger partial charge in [-0.3, -0.25) is 0 Å². The van der Waals surface area contributed by atoms with Crippen LogP contribution in [-0.2, 0) is 23.1 Å². The van der Waals surface area contributed by atoms with Crippen molar-refractivity contribution < 1.29 is 22.6 Å². The molecule has 4 rings (SSSR count). The Labute approximate surface area is 204 Å². The summed E-state index contributed by atoms with van der Waals surface area (Å²) in [5.74, 6) is 1.59. The van der Waals surface area contributed by atoms with Crippen molar-refractivity contribution in [2.75, 3.05) is 21.3 Å². The number of nitrogens with one attached hydrogen (secondary N) is 1. The number of ether oxygens (including phenoxy) is 3. The molecule has 0 saturated heterocycles. The van der Waals surface area contributed by atoms with Gasteiger partial charge in [-0.2, -0.15) is 0 Å². The van der Waals surface area contributed by atoms with Gasteiger partial charge in [0.25, 0.3) is 0 Å². The van der Waals surface area contributed by atoms with Crippen molar-refractivity contribution in [3.8, 4) is 28.5 Å². The first-order valence-corrected chi connectivity index (χ1v) is 12.4. The number of nitrogens with two attached hydrogens (primary N) is 1. The molecule has 0 unspecified atom stereocenters. The number of benzene rings is 3. The van der Waals surface area contributed by atoms with Crippen molar-refractivity contribution in [2.24, 2.45) is 5.14 Å². The fourth-order valence-electron chi connectivity index (χ4n) is 3.95. The summed E-state index contributed by atoms with van der Waals surface area (Å²) < 4.78 is 39.7. The molecule has 8 nitrogen and oxygen atoms in total. The highest BCUT2D eigenvalue weighted by molar-refractivity contribution is 7.89. The topological polar surface area (TPSA) is 113 Å². The van der Waals surface area contributed by atoms with Gasteiger partial charge in [-0.1, -0.05) is 42.5 Å². The van der Waals surface area contributed by atoms with Crippen molar-refractivity contribution >= 4 is 20.9 Å². The Balaban J connectivity index is 1.72. The van der Waals surface area contributed by atoms with Crippen LogP contribution in [0.5, 0.6) is 17.2 Å². The molecular formula is C26H27N3O5S. The molecule has 4 aromatic rings. The summed E-state index contributed by atoms with van der Waals surface area (Å²) >= 11 is 0. The van der Waals surface area contributed by atoms with E-state index in [1.54, 1.807) is 33.5 Å². The quantitative estimate of drug-likeness (QED) is 0.364. The van der Waals surface area contributed by atoms with Crippen LogP contribution in [-0.4, -0.2) is 34.7 Å². The van der Waals surface area contributed by atoms with Crippen molar-refractivity contribution in [2.45, 2.75) is 18.0 Å². The molecule has 0 spiro atoms. The smallest absolute Gasteiger partial charge is 0.238 e. The summed E-state index contributed by atoms with van der Waals surface area (Å²) in [6.45, 7) is 1.04. The fourth-order valence-corrected chi connectivity index (χ4v) is 4.47. The van der Waals surface area contributed by atoms with Crippen molar-refractivity contribution in [1.82, 2.24) is 10.3 Å². The minimum Gasteiger partial charge on any atom is -0.493 e. The zero-order valence-corrected chi connectivity index (χ0v) is 20.6. The number of methoxy groups -OCH3 is 3. The van der Waals surface area contributed by atoms with E-state index < -0.39 is 10.0 Å². The van der Waals surface area contributed by atoms with E-state index in [0.29, 0.717) is 30.3 Å². The Hall–Kier alpha value is -3.66. The average molecular weight is 494 g/mol. The standard InChI is InChI=1S/C26H27N3O5S/c1-32-23-14-22-21(25(33-2)26(23)34-3)13-19(24(29-22)18-7-5-4-6-8-18)16-28-15-17-9-11-20(12-10-17)35(27,30)31/h4-14,28H,15-16H2,1-3H3,(H2,27,30,31). The molecule has 0 bridgehead atoms. The van der Waals surface area contributed by atoms with Crippen LogP contribution < -0.4 is 24.7 Å². The minimum absolute atomic E-state index is 0.0859. The molecule has 3 N–H and O–H groups in total. The number of rotatable bonds is 9. The molecular weight excluding hydrogens is 466 g/mol. The lowest BCUT2D eigenvalue weighted by molar-refractivity contribution is 0.327. The van der Waals surface area contributed by atoms with E-state index in [0.717, 1.165) is 33.3 Å². The highest BCUT2D eigenvalue weighted by Crippen LogP contribution is 2.44. The maximum Gasteiger partial charge on any atom is 0.238 e. The number of sulfonamides is 1. The van der Waals surface area contributed by atoms with Gasteiger partial charge in [-0.25, -0.2) is 18.5 Å². The molecule has 35 heavy (non-hydrogen) atoms. The zero-order chi connectivity index (χ0) is 25.0. The fraction of sp³-hybridized carbons (Fsp3) is 0.192. The summed E-state index contributed by atoms with van der Waals surface area (Å²) in [5.41, 5.74) is 4.44. The van der Waals surface area contributed by atoms with Crippen LogP contribution in [0.4, 0.5) is 0 Å². The summed E-state index contributed by atoms with van der Waals surface area (Å²) in [6.07, 6.45) is 0. The SMILES string of the molecule is COc1cc2nc(-c3ccccc3)c(CNCc3ccc(S(N)(=O)=O)cc3)cc2c(OC)c1OC. The van der Waals surface area contributed by atoms with Gasteiger partial charge < -0.3 is 19.5 Å². The van der Waals surface area contributed by atoms with Gasteiger partial charge in [0.1, 0.15) is 0 Å². The first-order chi connectivity index (χ1) is 16.9. The van der Waals surface area contributed by atoms with E-state index >= 15 is 0 Å². The van der Waals surface area contributed by atoms with Crippen LogP contribution in [0.1, 0.15) is 11.1 Å². The average Bonchev–Trinajstić information content (AvgIpc) is 2.87. The molecule has 1 aromatic heterocycles. The van der Waals surface area contributed by atoms with E-state index in [1.165, 1.54) is 12.1 Å². The number of hydrogen-bond acceptors (Lipinski definition) is 7. The van der Waals surface area contributed by atoms with Gasteiger partial charge in [-0.05, 0) is 29.3 Å². The number of nitrogens with zero attached hydrogens (tertiary/aromatic N) is 1. The molecule has 3 aromatic carbocycles. The van der Waals surface area contributed by atoms with Gasteiger partial charge >= 0.3 is 0 Å². The maximum absolute atomic E-state index is 11.5. The van der Waals surface area contributed by atoms with Gasteiger partial charge in [0.15, 0.2) is 11.5 Å². The Morgan fingerprint density at radius 3 is 2.14 bits per heavy atom. The van der Waals surface area contributed by atoms with Crippen LogP contribution in [0.15, 0.2) is 71.6 Å². The summed E-state index contributed by atoms with van der Waals surface area (Å²) in [4.78, 5) is 5.05. The van der Waals surface area contributed by atoms with E-state index in [1.807, 2.05) is 42.5 Å². The van der Waals surface area contributed by atoms with Crippen LogP contribution >= 0.6 is 0 Å². The predicted molar refractivity (Wildman–Crippen MR) is 135 cm³/mol. The number of aromatic nitrogens is 1. The number of pyridine rings is 1. The van der Waals surface area contributed by atoms with E-state index in [-0.39, 0.29) is 4.90 Å². The lowest BCUT2D eigenvalue weighted by Crippen LogP contribution is -2.15. The molecule has 0 aliphatic carbocycles. The molecule has 0 aliphatic rings. The largest absolute Gasteiger partial charge is 0.493 e. The minimum atomic E-state index is -3.72. The third kappa shape index (κ3) is 5.22. The number of primary sulfonamides is 1. The molecule has 0 atom stereocenters. The van der Waals surface area contributed by atoms with E-state index in [9.17, 15) is 8.42 Å². The highest BCUT2D eigenvalue weighted by Gasteiger charge is 2.19. The third-order valence-electron chi connectivity index (χ3n) is 5.65. The van der Waals surface area contributed by atoms with Crippen molar-refractivity contribution in [3.05, 3.63) is 77.9 Å². The van der Waals surface area contributed by atoms with E-state index in [4.69, 9.17) is 24.3 Å². The van der Waals surface area contributed by atoms with Crippen LogP contribution in [0.25, 0.3) is 22.2 Å². The Kier molecular flexibility index (Phi) is 7.20. The van der Waals surface area contributed by atoms with Crippen LogP contribution in [0.3, 0.4) is 0 Å². The monoisotopic (exact) mass is 493 g/mol. The van der Waals surface area contributed by atoms with Gasteiger partial charge in [-0.15, -0.1) is 0 Å². The number of hydrogen-bond donors (Lipinski definition) is 2. The first-order valence-electron chi connectivity index (χ1n) is 10.9. The van der Waals surface area contributed by atoms with Crippen molar-refractivity contribution in [1.29, 1.82) is 0 Å². The Morgan fingerprint density at radius 2 is 1.54 bits per heavy atom. The first kappa shape index (κ1) is 24.5. The molecule has 0 fully saturated rings. The summed E-state index contributed by atoms with van der Waals surface area (Å²) in [7, 11) is 1.02. The molecule has 0 saturated carbocycles. The summed E-state index contributed by atoms with van der Waals surface area (Å²) in [6, 6.07) is 20.3. The lowest BCUT2D eigenvalue weighted by atomic mass is 10.0. The third-order valence-corrected chi connectivity index (χ3v) is 6.57. The highest BCUT2D eigenvalue weighted by atomic mass is 32.2. The lowest BCUT2D eigenvalue weighted by Gasteiger charge is -2.17. The van der Waals surface area contributed by atoms with E-state index in [2.05, 4.69) is 5.32 Å². The molecule has 9 heteroatoms. The number of fused-ring (bicyclic) bond motifs is 1. The second-order valence-corrected chi connectivity index (χ2v) is 9.43. The Morgan fingerprint density at radius 1 is 0.857 bits per heavy atom. The molecule has 0 amide bonds. The normalized spacial score (nSPS) is 11.4. The molecule has 0 radical (unpaired) electrons. The second-order valence-electron chi connectivity index (χ2n) is 7.87. The zero-order valence-electron chi connectivity index (χ0n) is 19.7. The Bertz CT molecular complexity index is 1440. The van der Waals surface area contributed by atoms with Gasteiger partial charge in [0.05, 0.1) is 37.4 Å². The summed E-state index contributed by atoms with van der Waals surface area (Å²) in [5, 5.41) is 9.41. The van der Waals surface area contributed by atoms with Crippen LogP contribution in [0, 0.1) is 0 Å². The van der Waals surface area contributed by atoms with Gasteiger partial charge in [0, 0.05) is 30.1 Å². The second kappa shape index (κ2) is 10.3. The van der Waals surface area contributed by atoms with Crippen molar-refractivity contribution in [3.63, 3.8) is 0 Å². The van der Waals surface area contributed by atoms with Gasteiger partial charge in [0.2, 0.25) is 15.8 Å². The molecule has 1 heterocycles. The maximum atomic E-state index is 11.5.